The van der Waals surface area contributed by atoms with E-state index in [0.29, 0.717) is 24.7 Å². The number of hydrogen-bond donors (Lipinski definition) is 1. The summed E-state index contributed by atoms with van der Waals surface area (Å²) in [7, 11) is -3.33. The van der Waals surface area contributed by atoms with Crippen molar-refractivity contribution in [3.63, 3.8) is 0 Å². The summed E-state index contributed by atoms with van der Waals surface area (Å²) in [6.07, 6.45) is 7.29. The van der Waals surface area contributed by atoms with Gasteiger partial charge in [0.25, 0.3) is 5.56 Å². The minimum absolute atomic E-state index is 0.0310. The van der Waals surface area contributed by atoms with Crippen LogP contribution in [-0.4, -0.2) is 45.0 Å². The lowest BCUT2D eigenvalue weighted by molar-refractivity contribution is 0.272. The second-order valence-corrected chi connectivity index (χ2v) is 10.6. The maximum Gasteiger partial charge on any atom is 0.333 e. The molecule has 1 fully saturated rings. The number of piperidine rings is 1. The highest BCUT2D eigenvalue weighted by molar-refractivity contribution is 7.88. The molecule has 5 rings (SSSR count). The third-order valence-corrected chi connectivity index (χ3v) is 8.18. The molecule has 0 unspecified atom stereocenters. The van der Waals surface area contributed by atoms with Crippen LogP contribution in [0.4, 0.5) is 0 Å². The zero-order valence-corrected chi connectivity index (χ0v) is 19.3. The summed E-state index contributed by atoms with van der Waals surface area (Å²) in [5.74, 6) is 0.399. The summed E-state index contributed by atoms with van der Waals surface area (Å²) in [4.78, 5) is 25.9. The van der Waals surface area contributed by atoms with Crippen molar-refractivity contribution in [3.05, 3.63) is 99.1 Å². The minimum atomic E-state index is -3.33. The van der Waals surface area contributed by atoms with E-state index in [1.165, 1.54) is 16.8 Å². The highest BCUT2D eigenvalue weighted by Crippen LogP contribution is 2.26. The molecule has 1 aliphatic heterocycles. The van der Waals surface area contributed by atoms with Crippen LogP contribution >= 0.6 is 0 Å². The normalized spacial score (nSPS) is 15.6. The van der Waals surface area contributed by atoms with E-state index in [1.807, 2.05) is 48.7 Å². The fourth-order valence-electron chi connectivity index (χ4n) is 4.53. The van der Waals surface area contributed by atoms with Gasteiger partial charge in [0.15, 0.2) is 0 Å². The van der Waals surface area contributed by atoms with Crippen LogP contribution in [0.3, 0.4) is 0 Å². The molecule has 0 radical (unpaired) electrons. The molecular weight excluding hydrogens is 454 g/mol. The maximum absolute atomic E-state index is 12.8. The van der Waals surface area contributed by atoms with Gasteiger partial charge in [0.1, 0.15) is 0 Å². The number of fused-ring (bicyclic) bond motifs is 1. The second-order valence-electron chi connectivity index (χ2n) is 8.66. The van der Waals surface area contributed by atoms with E-state index in [9.17, 15) is 18.0 Å². The standard InChI is InChI=1S/C24H25N5O4S/c30-23-9-12-28(24(31)26-23)22-16-25-29-13-8-20(15-21(22)29)14-18-6-10-27(11-7-18)34(32,33)17-19-4-2-1-3-5-19/h1-5,8-9,12-13,15-16,18H,6-7,10-11,14,17H2,(H,26,30,31). The number of nitrogens with zero attached hydrogens (tertiary/aromatic N) is 4. The molecule has 1 aromatic carbocycles. The van der Waals surface area contributed by atoms with Crippen molar-refractivity contribution < 1.29 is 8.42 Å². The Bertz CT molecular complexity index is 1530. The first-order valence-corrected chi connectivity index (χ1v) is 12.8. The van der Waals surface area contributed by atoms with Gasteiger partial charge in [-0.25, -0.2) is 22.0 Å². The van der Waals surface area contributed by atoms with Crippen LogP contribution in [0.15, 0.2) is 76.7 Å². The van der Waals surface area contributed by atoms with Gasteiger partial charge < -0.3 is 0 Å². The number of nitrogens with one attached hydrogen (secondary N) is 1. The maximum atomic E-state index is 12.8. The Kier molecular flexibility index (Phi) is 5.93. The molecule has 176 valence electrons. The third-order valence-electron chi connectivity index (χ3n) is 6.33. The Balaban J connectivity index is 1.28. The van der Waals surface area contributed by atoms with Gasteiger partial charge in [0, 0.05) is 31.5 Å². The number of pyridine rings is 1. The summed E-state index contributed by atoms with van der Waals surface area (Å²) in [5, 5.41) is 4.31. The smallest absolute Gasteiger partial charge is 0.274 e. The van der Waals surface area contributed by atoms with Gasteiger partial charge >= 0.3 is 5.69 Å². The van der Waals surface area contributed by atoms with Gasteiger partial charge in [-0.2, -0.15) is 5.10 Å². The van der Waals surface area contributed by atoms with Gasteiger partial charge in [-0.05, 0) is 48.4 Å². The molecule has 0 aliphatic carbocycles. The lowest BCUT2D eigenvalue weighted by atomic mass is 9.91. The van der Waals surface area contributed by atoms with Gasteiger partial charge in [-0.15, -0.1) is 0 Å². The highest BCUT2D eigenvalue weighted by atomic mass is 32.2. The summed E-state index contributed by atoms with van der Waals surface area (Å²) in [6.45, 7) is 1.04. The first-order chi connectivity index (χ1) is 16.4. The van der Waals surface area contributed by atoms with Gasteiger partial charge in [0.2, 0.25) is 10.0 Å². The molecule has 0 saturated carbocycles. The van der Waals surface area contributed by atoms with Crippen molar-refractivity contribution in [2.45, 2.75) is 25.0 Å². The molecule has 0 atom stereocenters. The van der Waals surface area contributed by atoms with Crippen LogP contribution in [0.2, 0.25) is 0 Å². The van der Waals surface area contributed by atoms with Crippen molar-refractivity contribution in [3.8, 4) is 5.69 Å². The van der Waals surface area contributed by atoms with E-state index in [-0.39, 0.29) is 5.75 Å². The molecule has 1 saturated heterocycles. The predicted octanol–water partition coefficient (Wildman–Crippen LogP) is 1.96. The van der Waals surface area contributed by atoms with E-state index in [0.717, 1.165) is 35.9 Å². The zero-order valence-electron chi connectivity index (χ0n) is 18.5. The lowest BCUT2D eigenvalue weighted by Gasteiger charge is -2.31. The summed E-state index contributed by atoms with van der Waals surface area (Å²) in [6, 6.07) is 14.6. The van der Waals surface area contributed by atoms with Crippen LogP contribution in [0.25, 0.3) is 11.2 Å². The Morgan fingerprint density at radius 1 is 0.971 bits per heavy atom. The van der Waals surface area contributed by atoms with Crippen molar-refractivity contribution in [1.29, 1.82) is 0 Å². The largest absolute Gasteiger partial charge is 0.333 e. The SMILES string of the molecule is O=c1ccn(-c2cnn3ccc(CC4CCN(S(=O)(=O)Cc5ccccc5)CC4)cc23)c(=O)[nH]1. The number of rotatable bonds is 6. The van der Waals surface area contributed by atoms with E-state index in [1.54, 1.807) is 15.0 Å². The predicted molar refractivity (Wildman–Crippen MR) is 128 cm³/mol. The van der Waals surface area contributed by atoms with Crippen LogP contribution < -0.4 is 11.2 Å². The molecular formula is C24H25N5O4S. The van der Waals surface area contributed by atoms with E-state index < -0.39 is 21.3 Å². The first kappa shape index (κ1) is 22.3. The van der Waals surface area contributed by atoms with Crippen molar-refractivity contribution in [2.24, 2.45) is 5.92 Å². The van der Waals surface area contributed by atoms with Gasteiger partial charge in [-0.1, -0.05) is 30.3 Å². The van der Waals surface area contributed by atoms with Crippen molar-refractivity contribution >= 4 is 15.5 Å². The number of benzene rings is 1. The average Bonchev–Trinajstić information content (AvgIpc) is 3.23. The minimum Gasteiger partial charge on any atom is -0.274 e. The fourth-order valence-corrected chi connectivity index (χ4v) is 6.10. The molecule has 3 aromatic heterocycles. The quantitative estimate of drug-likeness (QED) is 0.455. The van der Waals surface area contributed by atoms with Crippen LogP contribution in [-0.2, 0) is 22.2 Å². The number of sulfonamides is 1. The Morgan fingerprint density at radius 3 is 2.47 bits per heavy atom. The Hall–Kier alpha value is -3.50. The molecule has 9 nitrogen and oxygen atoms in total. The summed E-state index contributed by atoms with van der Waals surface area (Å²) in [5.41, 5.74) is 2.28. The Labute approximate surface area is 196 Å². The number of H-pyrrole nitrogens is 1. The molecule has 4 aromatic rings. The van der Waals surface area contributed by atoms with Crippen LogP contribution in [0.1, 0.15) is 24.0 Å². The van der Waals surface area contributed by atoms with Crippen molar-refractivity contribution in [2.75, 3.05) is 13.1 Å². The molecule has 10 heteroatoms. The van der Waals surface area contributed by atoms with E-state index >= 15 is 0 Å². The third kappa shape index (κ3) is 4.59. The number of aromatic amines is 1. The molecule has 0 amide bonds. The average molecular weight is 480 g/mol. The molecule has 0 spiro atoms. The second kappa shape index (κ2) is 9.03. The molecule has 0 bridgehead atoms. The van der Waals surface area contributed by atoms with E-state index in [2.05, 4.69) is 10.1 Å². The topological polar surface area (TPSA) is 110 Å². The summed E-state index contributed by atoms with van der Waals surface area (Å²) < 4.78 is 30.3. The van der Waals surface area contributed by atoms with Crippen LogP contribution in [0.5, 0.6) is 0 Å². The van der Waals surface area contributed by atoms with E-state index in [4.69, 9.17) is 0 Å². The first-order valence-electron chi connectivity index (χ1n) is 11.2. The molecule has 1 N–H and O–H groups in total. The zero-order chi connectivity index (χ0) is 23.7. The van der Waals surface area contributed by atoms with Crippen molar-refractivity contribution in [1.82, 2.24) is 23.5 Å². The number of aromatic nitrogens is 4. The lowest BCUT2D eigenvalue weighted by Crippen LogP contribution is -2.39. The van der Waals surface area contributed by atoms with Crippen LogP contribution in [0, 0.1) is 5.92 Å². The number of hydrogen-bond acceptors (Lipinski definition) is 5. The monoisotopic (exact) mass is 479 g/mol. The Morgan fingerprint density at radius 2 is 1.74 bits per heavy atom. The summed E-state index contributed by atoms with van der Waals surface area (Å²) >= 11 is 0. The van der Waals surface area contributed by atoms with Gasteiger partial charge in [0.05, 0.1) is 23.2 Å². The molecule has 1 aliphatic rings. The molecule has 4 heterocycles. The highest BCUT2D eigenvalue weighted by Gasteiger charge is 2.28. The fraction of sp³-hybridized carbons (Fsp3) is 0.292. The molecule has 34 heavy (non-hydrogen) atoms. The van der Waals surface area contributed by atoms with Gasteiger partial charge in [-0.3, -0.25) is 14.3 Å².